The molecule has 0 rings (SSSR count). The van der Waals surface area contributed by atoms with Gasteiger partial charge in [0.1, 0.15) is 18.0 Å². The van der Waals surface area contributed by atoms with Crippen LogP contribution in [-0.4, -0.2) is 44.2 Å². The first-order valence-corrected chi connectivity index (χ1v) is 3.99. The summed E-state index contributed by atoms with van der Waals surface area (Å²) >= 11 is 0. The smallest absolute Gasteiger partial charge is 0.317 e. The number of hydrogen-bond acceptors (Lipinski definition) is 4. The van der Waals surface area contributed by atoms with Crippen molar-refractivity contribution in [2.75, 3.05) is 6.54 Å². The van der Waals surface area contributed by atoms with Crippen molar-refractivity contribution in [3.05, 3.63) is 0 Å². The zero-order valence-electron chi connectivity index (χ0n) is 8.40. The Morgan fingerprint density at radius 2 is 1.46 bits per heavy atom. The molecule has 0 aromatic carbocycles. The molecule has 0 heterocycles. The molecule has 0 aliphatic rings. The molecule has 0 aliphatic carbocycles. The van der Waals surface area contributed by atoms with Gasteiger partial charge in [0.2, 0.25) is 0 Å². The molecule has 0 aromatic rings. The van der Waals surface area contributed by atoms with Gasteiger partial charge in [0.05, 0.1) is 0 Å². The molecule has 0 spiro atoms. The lowest BCUT2D eigenvalue weighted by atomic mass is 10.1. The third kappa shape index (κ3) is 4.21. The van der Waals surface area contributed by atoms with Crippen LogP contribution in [0.2, 0.25) is 0 Å². The fourth-order valence-electron chi connectivity index (χ4n) is 1.19. The summed E-state index contributed by atoms with van der Waals surface area (Å²) in [5, 5.41) is 27.7. The summed E-state index contributed by atoms with van der Waals surface area (Å²) in [6.45, 7) is 5.29. The molecule has 78 valence electrons. The lowest BCUT2D eigenvalue weighted by Crippen LogP contribution is -2.57. The van der Waals surface area contributed by atoms with Crippen LogP contribution < -0.4 is 0 Å². The van der Waals surface area contributed by atoms with Crippen LogP contribution in [0, 0.1) is 0 Å². The summed E-state index contributed by atoms with van der Waals surface area (Å²) < 4.78 is 0. The predicted octanol–water partition coefficient (Wildman–Crippen LogP) is -0.170. The maximum Gasteiger partial charge on any atom is 0.317 e. The second kappa shape index (κ2) is 3.61. The number of nitrogens with zero attached hydrogens (tertiary/aromatic N) is 1. The highest BCUT2D eigenvalue weighted by Gasteiger charge is 2.36. The Morgan fingerprint density at radius 3 is 1.54 bits per heavy atom. The van der Waals surface area contributed by atoms with Crippen molar-refractivity contribution in [1.82, 2.24) is 4.90 Å². The van der Waals surface area contributed by atoms with Crippen molar-refractivity contribution < 1.29 is 20.1 Å². The van der Waals surface area contributed by atoms with Crippen molar-refractivity contribution in [2.45, 2.75) is 39.1 Å². The number of carbonyl (C=O) groups is 1. The number of carboxylic acid groups (broad SMARTS) is 1. The molecule has 0 unspecified atom stereocenters. The van der Waals surface area contributed by atoms with Crippen molar-refractivity contribution in [1.29, 1.82) is 0 Å². The maximum atomic E-state index is 10.4. The highest BCUT2D eigenvalue weighted by molar-refractivity contribution is 5.69. The molecular formula is C8H17NO4. The summed E-state index contributed by atoms with van der Waals surface area (Å²) in [7, 11) is 0. The largest absolute Gasteiger partial charge is 0.480 e. The molecule has 0 saturated carbocycles. The van der Waals surface area contributed by atoms with Crippen LogP contribution in [0.15, 0.2) is 0 Å². The first-order chi connectivity index (χ1) is 5.55. The molecule has 0 bridgehead atoms. The molecular weight excluding hydrogens is 174 g/mol. The molecule has 0 radical (unpaired) electrons. The first-order valence-electron chi connectivity index (χ1n) is 3.99. The Labute approximate surface area is 77.6 Å². The number of rotatable bonds is 4. The SMILES string of the molecule is CC(C)(O)N(CC(=O)O)C(C)(C)O. The average Bonchev–Trinajstić information content (AvgIpc) is 1.77. The lowest BCUT2D eigenvalue weighted by Gasteiger charge is -2.41. The molecule has 0 fully saturated rings. The topological polar surface area (TPSA) is 81.0 Å². The van der Waals surface area contributed by atoms with Gasteiger partial charge in [-0.1, -0.05) is 0 Å². The van der Waals surface area contributed by atoms with Gasteiger partial charge in [-0.05, 0) is 27.7 Å². The van der Waals surface area contributed by atoms with E-state index in [1.165, 1.54) is 27.7 Å². The monoisotopic (exact) mass is 191 g/mol. The van der Waals surface area contributed by atoms with Crippen molar-refractivity contribution in [3.8, 4) is 0 Å². The summed E-state index contributed by atoms with van der Waals surface area (Å²) in [6.07, 6.45) is 0. The third-order valence-electron chi connectivity index (χ3n) is 1.61. The second-order valence-corrected chi connectivity index (χ2v) is 3.97. The standard InChI is InChI=1S/C8H17NO4/c1-7(2,12)9(5-6(10)11)8(3,4)13/h12-13H,5H2,1-4H3,(H,10,11). The summed E-state index contributed by atoms with van der Waals surface area (Å²) in [5.74, 6) is -1.09. The number of aliphatic carboxylic acids is 1. The maximum absolute atomic E-state index is 10.4. The third-order valence-corrected chi connectivity index (χ3v) is 1.61. The van der Waals surface area contributed by atoms with Crippen molar-refractivity contribution >= 4 is 5.97 Å². The number of aliphatic hydroxyl groups is 2. The Morgan fingerprint density at radius 1 is 1.15 bits per heavy atom. The average molecular weight is 191 g/mol. The van der Waals surface area contributed by atoms with Gasteiger partial charge in [0, 0.05) is 0 Å². The van der Waals surface area contributed by atoms with Crippen molar-refractivity contribution in [3.63, 3.8) is 0 Å². The van der Waals surface area contributed by atoms with E-state index in [1.807, 2.05) is 0 Å². The quantitative estimate of drug-likeness (QED) is 0.537. The molecule has 5 nitrogen and oxygen atoms in total. The Balaban J connectivity index is 4.68. The summed E-state index contributed by atoms with van der Waals surface area (Å²) in [4.78, 5) is 11.5. The van der Waals surface area contributed by atoms with Gasteiger partial charge in [-0.15, -0.1) is 0 Å². The van der Waals surface area contributed by atoms with Crippen LogP contribution in [0.3, 0.4) is 0 Å². The van der Waals surface area contributed by atoms with Crippen LogP contribution >= 0.6 is 0 Å². The van der Waals surface area contributed by atoms with Gasteiger partial charge in [0.25, 0.3) is 0 Å². The van der Waals surface area contributed by atoms with Crippen LogP contribution in [0.4, 0.5) is 0 Å². The number of hydrogen-bond donors (Lipinski definition) is 3. The minimum atomic E-state index is -1.36. The minimum absolute atomic E-state index is 0.410. The summed E-state index contributed by atoms with van der Waals surface area (Å²) in [5.41, 5.74) is -2.73. The Kier molecular flexibility index (Phi) is 3.43. The lowest BCUT2D eigenvalue weighted by molar-refractivity contribution is -0.205. The highest BCUT2D eigenvalue weighted by atomic mass is 16.4. The molecule has 0 aromatic heterocycles. The minimum Gasteiger partial charge on any atom is -0.480 e. The molecule has 3 N–H and O–H groups in total. The molecule has 13 heavy (non-hydrogen) atoms. The molecule has 0 amide bonds. The van der Waals surface area contributed by atoms with E-state index in [-0.39, 0.29) is 0 Å². The molecule has 0 atom stereocenters. The molecule has 0 aliphatic heterocycles. The van der Waals surface area contributed by atoms with Gasteiger partial charge < -0.3 is 15.3 Å². The highest BCUT2D eigenvalue weighted by Crippen LogP contribution is 2.20. The van der Waals surface area contributed by atoms with Gasteiger partial charge in [-0.2, -0.15) is 0 Å². The van der Waals surface area contributed by atoms with Crippen LogP contribution in [0.5, 0.6) is 0 Å². The second-order valence-electron chi connectivity index (χ2n) is 3.97. The first kappa shape index (κ1) is 12.3. The van der Waals surface area contributed by atoms with Crippen LogP contribution in [0.25, 0.3) is 0 Å². The summed E-state index contributed by atoms with van der Waals surface area (Å²) in [6, 6.07) is 0. The van der Waals surface area contributed by atoms with Gasteiger partial charge in [-0.25, -0.2) is 4.90 Å². The van der Waals surface area contributed by atoms with Gasteiger partial charge >= 0.3 is 5.97 Å². The van der Waals surface area contributed by atoms with E-state index in [4.69, 9.17) is 5.11 Å². The fourth-order valence-corrected chi connectivity index (χ4v) is 1.19. The van der Waals surface area contributed by atoms with E-state index in [0.717, 1.165) is 4.90 Å². The van der Waals surface area contributed by atoms with E-state index >= 15 is 0 Å². The van der Waals surface area contributed by atoms with Crippen LogP contribution in [-0.2, 0) is 4.79 Å². The Hall–Kier alpha value is -0.650. The molecule has 5 heteroatoms. The van der Waals surface area contributed by atoms with E-state index in [1.54, 1.807) is 0 Å². The van der Waals surface area contributed by atoms with E-state index < -0.39 is 24.0 Å². The van der Waals surface area contributed by atoms with Gasteiger partial charge in [0.15, 0.2) is 0 Å². The zero-order valence-corrected chi connectivity index (χ0v) is 8.40. The van der Waals surface area contributed by atoms with Gasteiger partial charge in [-0.3, -0.25) is 4.79 Å². The number of carboxylic acids is 1. The molecule has 0 saturated heterocycles. The van der Waals surface area contributed by atoms with Crippen molar-refractivity contribution in [2.24, 2.45) is 0 Å². The zero-order chi connectivity index (χ0) is 10.9. The van der Waals surface area contributed by atoms with E-state index in [0.29, 0.717) is 0 Å². The predicted molar refractivity (Wildman–Crippen MR) is 46.9 cm³/mol. The van der Waals surface area contributed by atoms with E-state index in [9.17, 15) is 15.0 Å². The van der Waals surface area contributed by atoms with E-state index in [2.05, 4.69) is 0 Å². The fraction of sp³-hybridized carbons (Fsp3) is 0.875. The normalized spacial score (nSPS) is 13.5. The Bertz CT molecular complexity index is 175. The van der Waals surface area contributed by atoms with Crippen LogP contribution in [0.1, 0.15) is 27.7 Å².